The van der Waals surface area contributed by atoms with Gasteiger partial charge in [0.1, 0.15) is 0 Å². The Balaban J connectivity index is 2.18. The van der Waals surface area contributed by atoms with Gasteiger partial charge in [-0.1, -0.05) is 30.3 Å². The van der Waals surface area contributed by atoms with Crippen LogP contribution in [0.3, 0.4) is 0 Å². The van der Waals surface area contributed by atoms with Crippen LogP contribution in [-0.2, 0) is 0 Å². The molecule has 0 unspecified atom stereocenters. The summed E-state index contributed by atoms with van der Waals surface area (Å²) in [5.74, 6) is -0.0619. The molecular weight excluding hydrogens is 250 g/mol. The summed E-state index contributed by atoms with van der Waals surface area (Å²) in [6.45, 7) is 1.44. The fraction of sp³-hybridized carbons (Fsp3) is 0.250. The molecule has 2 rings (SSSR count). The Bertz CT molecular complexity index is 567. The molecule has 4 nitrogen and oxygen atoms in total. The quantitative estimate of drug-likeness (QED) is 0.903. The van der Waals surface area contributed by atoms with Gasteiger partial charge in [0.25, 0.3) is 5.91 Å². The second-order valence-corrected chi connectivity index (χ2v) is 4.85. The van der Waals surface area contributed by atoms with Crippen LogP contribution in [0.1, 0.15) is 10.4 Å². The Kier molecular flexibility index (Phi) is 4.85. The Morgan fingerprint density at radius 2 is 1.95 bits per heavy atom. The molecule has 1 heterocycles. The number of rotatable bonds is 5. The summed E-state index contributed by atoms with van der Waals surface area (Å²) in [5, 5.41) is 2.93. The third-order valence-corrected chi connectivity index (χ3v) is 3.00. The number of hydrogen-bond acceptors (Lipinski definition) is 3. The molecule has 0 aliphatic heterocycles. The van der Waals surface area contributed by atoms with E-state index in [-0.39, 0.29) is 5.91 Å². The first-order valence-electron chi connectivity index (χ1n) is 6.61. The summed E-state index contributed by atoms with van der Waals surface area (Å²) in [4.78, 5) is 18.4. The molecule has 0 fully saturated rings. The SMILES string of the molecule is CN(C)CCNC(=O)c1ccncc1-c1ccccc1. The molecule has 20 heavy (non-hydrogen) atoms. The van der Waals surface area contributed by atoms with E-state index < -0.39 is 0 Å². The van der Waals surface area contributed by atoms with Gasteiger partial charge < -0.3 is 10.2 Å². The minimum Gasteiger partial charge on any atom is -0.351 e. The molecule has 0 saturated heterocycles. The van der Waals surface area contributed by atoms with Crippen molar-refractivity contribution in [3.05, 3.63) is 54.4 Å². The van der Waals surface area contributed by atoms with E-state index in [2.05, 4.69) is 10.3 Å². The third-order valence-electron chi connectivity index (χ3n) is 3.00. The van der Waals surface area contributed by atoms with Crippen molar-refractivity contribution >= 4 is 5.91 Å². The topological polar surface area (TPSA) is 45.2 Å². The van der Waals surface area contributed by atoms with Gasteiger partial charge in [-0.15, -0.1) is 0 Å². The Hall–Kier alpha value is -2.20. The first kappa shape index (κ1) is 14.2. The number of nitrogens with zero attached hydrogens (tertiary/aromatic N) is 2. The van der Waals surface area contributed by atoms with Gasteiger partial charge in [-0.3, -0.25) is 9.78 Å². The van der Waals surface area contributed by atoms with E-state index in [9.17, 15) is 4.79 Å². The number of hydrogen-bond donors (Lipinski definition) is 1. The molecule has 0 radical (unpaired) electrons. The van der Waals surface area contributed by atoms with Gasteiger partial charge in [-0.05, 0) is 25.7 Å². The molecule has 0 aliphatic carbocycles. The van der Waals surface area contributed by atoms with E-state index in [0.717, 1.165) is 17.7 Å². The van der Waals surface area contributed by atoms with Crippen molar-refractivity contribution < 1.29 is 4.79 Å². The predicted molar refractivity (Wildman–Crippen MR) is 80.6 cm³/mol. The zero-order chi connectivity index (χ0) is 14.4. The van der Waals surface area contributed by atoms with Crippen molar-refractivity contribution in [2.75, 3.05) is 27.2 Å². The molecular formula is C16H19N3O. The maximum absolute atomic E-state index is 12.3. The first-order chi connectivity index (χ1) is 9.68. The normalized spacial score (nSPS) is 10.6. The molecule has 2 aromatic rings. The predicted octanol–water partition coefficient (Wildman–Crippen LogP) is 2.04. The molecule has 1 aromatic heterocycles. The zero-order valence-electron chi connectivity index (χ0n) is 11.8. The molecule has 0 atom stereocenters. The summed E-state index contributed by atoms with van der Waals surface area (Å²) in [6, 6.07) is 11.6. The average Bonchev–Trinajstić information content (AvgIpc) is 2.47. The van der Waals surface area contributed by atoms with Crippen molar-refractivity contribution in [2.24, 2.45) is 0 Å². The van der Waals surface area contributed by atoms with Crippen LogP contribution in [-0.4, -0.2) is 43.0 Å². The number of nitrogens with one attached hydrogen (secondary N) is 1. The summed E-state index contributed by atoms with van der Waals surface area (Å²) in [7, 11) is 3.96. The van der Waals surface area contributed by atoms with Crippen LogP contribution in [0.25, 0.3) is 11.1 Å². The molecule has 1 N–H and O–H groups in total. The lowest BCUT2D eigenvalue weighted by Gasteiger charge is -2.12. The summed E-state index contributed by atoms with van der Waals surface area (Å²) in [6.07, 6.45) is 3.38. The van der Waals surface area contributed by atoms with Gasteiger partial charge in [-0.25, -0.2) is 0 Å². The second-order valence-electron chi connectivity index (χ2n) is 4.85. The highest BCUT2D eigenvalue weighted by molar-refractivity contribution is 6.00. The number of aromatic nitrogens is 1. The fourth-order valence-corrected chi connectivity index (χ4v) is 1.93. The summed E-state index contributed by atoms with van der Waals surface area (Å²) < 4.78 is 0. The van der Waals surface area contributed by atoms with E-state index >= 15 is 0 Å². The fourth-order valence-electron chi connectivity index (χ4n) is 1.93. The van der Waals surface area contributed by atoms with Gasteiger partial charge in [0.05, 0.1) is 5.56 Å². The van der Waals surface area contributed by atoms with Crippen LogP contribution in [0.2, 0.25) is 0 Å². The van der Waals surface area contributed by atoms with Crippen LogP contribution >= 0.6 is 0 Å². The highest BCUT2D eigenvalue weighted by Crippen LogP contribution is 2.22. The molecule has 104 valence electrons. The van der Waals surface area contributed by atoms with Gasteiger partial charge in [0.2, 0.25) is 0 Å². The second kappa shape index (κ2) is 6.82. The Morgan fingerprint density at radius 1 is 1.20 bits per heavy atom. The highest BCUT2D eigenvalue weighted by atomic mass is 16.1. The van der Waals surface area contributed by atoms with E-state index in [1.165, 1.54) is 0 Å². The van der Waals surface area contributed by atoms with Gasteiger partial charge in [0, 0.05) is 31.0 Å². The molecule has 0 spiro atoms. The van der Waals surface area contributed by atoms with Crippen LogP contribution in [0.4, 0.5) is 0 Å². The van der Waals surface area contributed by atoms with Gasteiger partial charge in [0.15, 0.2) is 0 Å². The van der Waals surface area contributed by atoms with Crippen LogP contribution in [0.15, 0.2) is 48.8 Å². The van der Waals surface area contributed by atoms with E-state index in [4.69, 9.17) is 0 Å². The number of likely N-dealkylation sites (N-methyl/N-ethyl adjacent to an activating group) is 1. The standard InChI is InChI=1S/C16H19N3O/c1-19(2)11-10-18-16(20)14-8-9-17-12-15(14)13-6-4-3-5-7-13/h3-9,12H,10-11H2,1-2H3,(H,18,20). The first-order valence-corrected chi connectivity index (χ1v) is 6.61. The Morgan fingerprint density at radius 3 is 2.65 bits per heavy atom. The van der Waals surface area contributed by atoms with Crippen LogP contribution in [0, 0.1) is 0 Å². The van der Waals surface area contributed by atoms with Crippen LogP contribution in [0.5, 0.6) is 0 Å². The van der Waals surface area contributed by atoms with Crippen molar-refractivity contribution in [3.63, 3.8) is 0 Å². The number of benzene rings is 1. The van der Waals surface area contributed by atoms with E-state index in [1.807, 2.05) is 49.3 Å². The smallest absolute Gasteiger partial charge is 0.252 e. The molecule has 1 aromatic carbocycles. The number of pyridine rings is 1. The third kappa shape index (κ3) is 3.65. The molecule has 0 aliphatic rings. The average molecular weight is 269 g/mol. The summed E-state index contributed by atoms with van der Waals surface area (Å²) in [5.41, 5.74) is 2.51. The number of carbonyl (C=O) groups excluding carboxylic acids is 1. The lowest BCUT2D eigenvalue weighted by atomic mass is 10.0. The minimum absolute atomic E-state index is 0.0619. The van der Waals surface area contributed by atoms with Gasteiger partial charge >= 0.3 is 0 Å². The van der Waals surface area contributed by atoms with Crippen LogP contribution < -0.4 is 5.32 Å². The highest BCUT2D eigenvalue weighted by Gasteiger charge is 2.12. The largest absolute Gasteiger partial charge is 0.351 e. The molecule has 0 saturated carbocycles. The minimum atomic E-state index is -0.0619. The van der Waals surface area contributed by atoms with Crippen molar-refractivity contribution in [1.82, 2.24) is 15.2 Å². The van der Waals surface area contributed by atoms with E-state index in [1.54, 1.807) is 18.5 Å². The zero-order valence-corrected chi connectivity index (χ0v) is 11.8. The molecule has 1 amide bonds. The Labute approximate surface area is 119 Å². The van der Waals surface area contributed by atoms with Crippen molar-refractivity contribution in [3.8, 4) is 11.1 Å². The van der Waals surface area contributed by atoms with Crippen molar-refractivity contribution in [1.29, 1.82) is 0 Å². The van der Waals surface area contributed by atoms with Crippen molar-refractivity contribution in [2.45, 2.75) is 0 Å². The number of amides is 1. The monoisotopic (exact) mass is 269 g/mol. The lowest BCUT2D eigenvalue weighted by molar-refractivity contribution is 0.0951. The lowest BCUT2D eigenvalue weighted by Crippen LogP contribution is -2.31. The summed E-state index contributed by atoms with van der Waals surface area (Å²) >= 11 is 0. The maximum atomic E-state index is 12.3. The van der Waals surface area contributed by atoms with Gasteiger partial charge in [-0.2, -0.15) is 0 Å². The molecule has 0 bridgehead atoms. The molecule has 4 heteroatoms. The number of carbonyl (C=O) groups is 1. The van der Waals surface area contributed by atoms with E-state index in [0.29, 0.717) is 12.1 Å². The maximum Gasteiger partial charge on any atom is 0.252 e.